The summed E-state index contributed by atoms with van der Waals surface area (Å²) >= 11 is 5.97. The first-order chi connectivity index (χ1) is 8.25. The average Bonchev–Trinajstić information content (AvgIpc) is 2.56. The molecule has 1 saturated carbocycles. The van der Waals surface area contributed by atoms with Crippen LogP contribution in [0.25, 0.3) is 0 Å². The molecule has 0 bridgehead atoms. The lowest BCUT2D eigenvalue weighted by Crippen LogP contribution is -2.28. The van der Waals surface area contributed by atoms with Crippen molar-refractivity contribution in [3.05, 3.63) is 34.3 Å². The van der Waals surface area contributed by atoms with Crippen LogP contribution in [-0.4, -0.2) is 6.04 Å². The first-order valence-corrected chi connectivity index (χ1v) is 7.12. The Bertz CT molecular complexity index is 354. The van der Waals surface area contributed by atoms with E-state index in [1.807, 2.05) is 12.1 Å². The molecule has 2 heteroatoms. The van der Waals surface area contributed by atoms with Crippen LogP contribution in [0.2, 0.25) is 5.02 Å². The summed E-state index contributed by atoms with van der Waals surface area (Å²) in [4.78, 5) is 0. The van der Waals surface area contributed by atoms with Gasteiger partial charge in [-0.15, -0.1) is 0 Å². The molecule has 0 aromatic heterocycles. The van der Waals surface area contributed by atoms with Crippen molar-refractivity contribution in [3.63, 3.8) is 0 Å². The molecule has 0 aliphatic heterocycles. The Labute approximate surface area is 110 Å². The number of nitrogens with one attached hydrogen (secondary N) is 1. The van der Waals surface area contributed by atoms with Crippen molar-refractivity contribution in [2.75, 3.05) is 0 Å². The highest BCUT2D eigenvalue weighted by Crippen LogP contribution is 2.19. The Hall–Kier alpha value is -0.530. The summed E-state index contributed by atoms with van der Waals surface area (Å²) in [5.74, 6) is 0. The van der Waals surface area contributed by atoms with Gasteiger partial charge in [-0.25, -0.2) is 0 Å². The third-order valence-electron chi connectivity index (χ3n) is 3.74. The zero-order valence-corrected chi connectivity index (χ0v) is 11.4. The van der Waals surface area contributed by atoms with E-state index in [4.69, 9.17) is 11.6 Å². The maximum absolute atomic E-state index is 5.97. The Kier molecular flexibility index (Phi) is 4.87. The third kappa shape index (κ3) is 4.01. The lowest BCUT2D eigenvalue weighted by molar-refractivity contribution is 0.458. The van der Waals surface area contributed by atoms with Gasteiger partial charge in [0.05, 0.1) is 0 Å². The Balaban J connectivity index is 1.88. The largest absolute Gasteiger partial charge is 0.310 e. The van der Waals surface area contributed by atoms with E-state index < -0.39 is 0 Å². The Morgan fingerprint density at radius 3 is 2.53 bits per heavy atom. The minimum Gasteiger partial charge on any atom is -0.310 e. The van der Waals surface area contributed by atoms with Gasteiger partial charge in [0.1, 0.15) is 0 Å². The van der Waals surface area contributed by atoms with Crippen molar-refractivity contribution < 1.29 is 0 Å². The fourth-order valence-corrected chi connectivity index (χ4v) is 2.82. The number of halogens is 1. The molecule has 1 aromatic rings. The zero-order chi connectivity index (χ0) is 12.1. The second-order valence-corrected chi connectivity index (χ2v) is 5.58. The van der Waals surface area contributed by atoms with Crippen molar-refractivity contribution in [3.8, 4) is 0 Å². The van der Waals surface area contributed by atoms with E-state index in [1.165, 1.54) is 49.7 Å². The summed E-state index contributed by atoms with van der Waals surface area (Å²) in [6.45, 7) is 3.11. The molecule has 0 saturated heterocycles. The molecule has 94 valence electrons. The van der Waals surface area contributed by atoms with Gasteiger partial charge in [-0.05, 0) is 43.0 Å². The standard InChI is InChI=1S/C15H22ClN/c1-12-10-14(16)9-8-13(12)11-17-15-6-4-2-3-5-7-15/h8-10,15,17H,2-7,11H2,1H3. The van der Waals surface area contributed by atoms with Crippen LogP contribution in [0, 0.1) is 6.92 Å². The van der Waals surface area contributed by atoms with Crippen LogP contribution >= 0.6 is 11.6 Å². The Morgan fingerprint density at radius 2 is 1.88 bits per heavy atom. The highest BCUT2D eigenvalue weighted by molar-refractivity contribution is 6.30. The van der Waals surface area contributed by atoms with Gasteiger partial charge in [0.2, 0.25) is 0 Å². The monoisotopic (exact) mass is 251 g/mol. The molecule has 0 unspecified atom stereocenters. The van der Waals surface area contributed by atoms with Crippen LogP contribution in [-0.2, 0) is 6.54 Å². The van der Waals surface area contributed by atoms with Crippen LogP contribution in [0.4, 0.5) is 0 Å². The van der Waals surface area contributed by atoms with Gasteiger partial charge < -0.3 is 5.32 Å². The van der Waals surface area contributed by atoms with Crippen LogP contribution < -0.4 is 5.32 Å². The molecule has 2 rings (SSSR count). The topological polar surface area (TPSA) is 12.0 Å². The molecule has 0 spiro atoms. The highest BCUT2D eigenvalue weighted by Gasteiger charge is 2.11. The second-order valence-electron chi connectivity index (χ2n) is 5.14. The summed E-state index contributed by atoms with van der Waals surface area (Å²) in [7, 11) is 0. The van der Waals surface area contributed by atoms with E-state index in [1.54, 1.807) is 0 Å². The summed E-state index contributed by atoms with van der Waals surface area (Å²) < 4.78 is 0. The van der Waals surface area contributed by atoms with Crippen LogP contribution in [0.3, 0.4) is 0 Å². The number of hydrogen-bond donors (Lipinski definition) is 1. The minimum atomic E-state index is 0.715. The van der Waals surface area contributed by atoms with Crippen molar-refractivity contribution in [1.29, 1.82) is 0 Å². The average molecular weight is 252 g/mol. The fraction of sp³-hybridized carbons (Fsp3) is 0.600. The highest BCUT2D eigenvalue weighted by atomic mass is 35.5. The molecule has 1 aromatic carbocycles. The Morgan fingerprint density at radius 1 is 1.18 bits per heavy atom. The van der Waals surface area contributed by atoms with E-state index in [2.05, 4.69) is 18.3 Å². The number of benzene rings is 1. The van der Waals surface area contributed by atoms with E-state index in [0.717, 1.165) is 11.6 Å². The molecule has 1 N–H and O–H groups in total. The summed E-state index contributed by atoms with van der Waals surface area (Å²) in [5.41, 5.74) is 2.66. The van der Waals surface area contributed by atoms with Crippen LogP contribution in [0.5, 0.6) is 0 Å². The van der Waals surface area contributed by atoms with Gasteiger partial charge in [0, 0.05) is 17.6 Å². The summed E-state index contributed by atoms with van der Waals surface area (Å²) in [5, 5.41) is 4.53. The molecule has 0 amide bonds. The van der Waals surface area contributed by atoms with Gasteiger partial charge in [0.25, 0.3) is 0 Å². The maximum atomic E-state index is 5.97. The number of hydrogen-bond acceptors (Lipinski definition) is 1. The first kappa shape index (κ1) is 12.9. The van der Waals surface area contributed by atoms with E-state index in [9.17, 15) is 0 Å². The van der Waals surface area contributed by atoms with Crippen molar-refractivity contribution >= 4 is 11.6 Å². The van der Waals surface area contributed by atoms with E-state index in [0.29, 0.717) is 6.04 Å². The maximum Gasteiger partial charge on any atom is 0.0408 e. The van der Waals surface area contributed by atoms with Crippen molar-refractivity contribution in [2.45, 2.75) is 58.0 Å². The number of rotatable bonds is 3. The molecule has 1 fully saturated rings. The molecule has 1 nitrogen and oxygen atoms in total. The second kappa shape index (κ2) is 6.42. The predicted octanol–water partition coefficient (Wildman–Crippen LogP) is 4.46. The van der Waals surface area contributed by atoms with Crippen molar-refractivity contribution in [1.82, 2.24) is 5.32 Å². The first-order valence-electron chi connectivity index (χ1n) is 6.74. The lowest BCUT2D eigenvalue weighted by atomic mass is 10.1. The molecular formula is C15H22ClN. The van der Waals surface area contributed by atoms with Gasteiger partial charge >= 0.3 is 0 Å². The molecule has 17 heavy (non-hydrogen) atoms. The molecule has 1 aliphatic rings. The van der Waals surface area contributed by atoms with Crippen LogP contribution in [0.15, 0.2) is 18.2 Å². The molecule has 0 radical (unpaired) electrons. The lowest BCUT2D eigenvalue weighted by Gasteiger charge is -2.17. The quantitative estimate of drug-likeness (QED) is 0.782. The molecular weight excluding hydrogens is 230 g/mol. The normalized spacial score (nSPS) is 18.0. The predicted molar refractivity (Wildman–Crippen MR) is 74.5 cm³/mol. The van der Waals surface area contributed by atoms with E-state index in [-0.39, 0.29) is 0 Å². The number of aryl methyl sites for hydroxylation is 1. The van der Waals surface area contributed by atoms with Gasteiger partial charge in [-0.3, -0.25) is 0 Å². The summed E-state index contributed by atoms with van der Waals surface area (Å²) in [6.07, 6.45) is 8.28. The van der Waals surface area contributed by atoms with E-state index >= 15 is 0 Å². The summed E-state index contributed by atoms with van der Waals surface area (Å²) in [6, 6.07) is 6.89. The third-order valence-corrected chi connectivity index (χ3v) is 3.98. The SMILES string of the molecule is Cc1cc(Cl)ccc1CNC1CCCCCC1. The van der Waals surface area contributed by atoms with Crippen LogP contribution in [0.1, 0.15) is 49.7 Å². The minimum absolute atomic E-state index is 0.715. The van der Waals surface area contributed by atoms with Gasteiger partial charge in [0.15, 0.2) is 0 Å². The molecule has 0 heterocycles. The zero-order valence-electron chi connectivity index (χ0n) is 10.6. The smallest absolute Gasteiger partial charge is 0.0408 e. The fourth-order valence-electron chi connectivity index (χ4n) is 2.60. The molecule has 1 aliphatic carbocycles. The van der Waals surface area contributed by atoms with Gasteiger partial charge in [-0.2, -0.15) is 0 Å². The van der Waals surface area contributed by atoms with Crippen molar-refractivity contribution in [2.24, 2.45) is 0 Å². The van der Waals surface area contributed by atoms with Gasteiger partial charge in [-0.1, -0.05) is 43.4 Å². The molecule has 0 atom stereocenters.